The highest BCUT2D eigenvalue weighted by Crippen LogP contribution is 2.30. The first kappa shape index (κ1) is 23.2. The van der Waals surface area contributed by atoms with Crippen molar-refractivity contribution in [1.29, 1.82) is 0 Å². The third-order valence-corrected chi connectivity index (χ3v) is 7.28. The normalized spacial score (nSPS) is 12.4. The first-order valence-corrected chi connectivity index (χ1v) is 12.4. The van der Waals surface area contributed by atoms with Crippen LogP contribution in [0.25, 0.3) is 16.6 Å². The summed E-state index contributed by atoms with van der Waals surface area (Å²) in [7, 11) is 0. The maximum absolute atomic E-state index is 13.0. The van der Waals surface area contributed by atoms with Gasteiger partial charge < -0.3 is 10.1 Å². The molecule has 0 radical (unpaired) electrons. The van der Waals surface area contributed by atoms with Crippen LogP contribution in [0.1, 0.15) is 42.6 Å². The van der Waals surface area contributed by atoms with Gasteiger partial charge in [0.25, 0.3) is 0 Å². The van der Waals surface area contributed by atoms with Crippen molar-refractivity contribution >= 4 is 56.7 Å². The molecule has 0 bridgehead atoms. The molecule has 1 amide bonds. The van der Waals surface area contributed by atoms with E-state index in [0.29, 0.717) is 33.9 Å². The second-order valence-corrected chi connectivity index (χ2v) is 10.2. The Morgan fingerprint density at radius 1 is 1.18 bits per heavy atom. The summed E-state index contributed by atoms with van der Waals surface area (Å²) in [4.78, 5) is 30.1. The number of amides is 1. The minimum absolute atomic E-state index is 0.199. The summed E-state index contributed by atoms with van der Waals surface area (Å²) < 4.78 is 7.26. The minimum atomic E-state index is -0.414. The van der Waals surface area contributed by atoms with Crippen molar-refractivity contribution in [2.24, 2.45) is 5.92 Å². The highest BCUT2D eigenvalue weighted by molar-refractivity contribution is 8.00. The Morgan fingerprint density at radius 2 is 1.97 bits per heavy atom. The van der Waals surface area contributed by atoms with Crippen molar-refractivity contribution in [3.63, 3.8) is 0 Å². The number of para-hydroxylation sites is 1. The number of benzene rings is 1. The Bertz CT molecular complexity index is 1310. The standard InChI is InChI=1S/C23H25N5O3S2/c1-5-17(20(29)25-22-24-14(4)19(33-22)21(30)31-12-13(2)3)32-23-27-26-18-11-10-15-8-6-7-9-16(15)28(18)23/h6-11,13,17H,5,12H2,1-4H3,(H,24,25,29). The number of carbonyl (C=O) groups is 2. The molecule has 4 rings (SSSR count). The molecule has 0 saturated heterocycles. The SMILES string of the molecule is CCC(Sc1nnc2ccc3ccccc3n12)C(=O)Nc1nc(C)c(C(=O)OCC(C)C)s1. The number of thioether (sulfide) groups is 1. The van der Waals surface area contributed by atoms with Crippen molar-refractivity contribution in [2.45, 2.75) is 44.5 Å². The lowest BCUT2D eigenvalue weighted by atomic mass is 10.2. The third kappa shape index (κ3) is 5.01. The molecule has 172 valence electrons. The summed E-state index contributed by atoms with van der Waals surface area (Å²) in [5.74, 6) is -0.369. The number of aromatic nitrogens is 4. The molecule has 8 nitrogen and oxygen atoms in total. The summed E-state index contributed by atoms with van der Waals surface area (Å²) in [5.41, 5.74) is 2.25. The van der Waals surface area contributed by atoms with Crippen LogP contribution in [0.15, 0.2) is 41.6 Å². The smallest absolute Gasteiger partial charge is 0.350 e. The van der Waals surface area contributed by atoms with E-state index in [1.807, 2.05) is 61.6 Å². The monoisotopic (exact) mass is 483 g/mol. The van der Waals surface area contributed by atoms with E-state index in [2.05, 4.69) is 20.5 Å². The Balaban J connectivity index is 1.51. The fourth-order valence-electron chi connectivity index (χ4n) is 3.27. The van der Waals surface area contributed by atoms with Crippen LogP contribution in [-0.2, 0) is 9.53 Å². The molecule has 0 aliphatic heterocycles. The first-order chi connectivity index (χ1) is 15.9. The lowest BCUT2D eigenvalue weighted by molar-refractivity contribution is -0.115. The molecule has 1 N–H and O–H groups in total. The second-order valence-electron chi connectivity index (χ2n) is 8.00. The maximum atomic E-state index is 13.0. The van der Waals surface area contributed by atoms with Gasteiger partial charge in [-0.25, -0.2) is 9.78 Å². The molecule has 4 aromatic rings. The van der Waals surface area contributed by atoms with Gasteiger partial charge in [0.05, 0.1) is 23.1 Å². The quantitative estimate of drug-likeness (QED) is 0.279. The van der Waals surface area contributed by atoms with E-state index in [4.69, 9.17) is 4.74 Å². The highest BCUT2D eigenvalue weighted by atomic mass is 32.2. The average molecular weight is 484 g/mol. The lowest BCUT2D eigenvalue weighted by Gasteiger charge is -2.13. The van der Waals surface area contributed by atoms with Crippen molar-refractivity contribution < 1.29 is 14.3 Å². The minimum Gasteiger partial charge on any atom is -0.461 e. The molecule has 0 aliphatic carbocycles. The van der Waals surface area contributed by atoms with Crippen molar-refractivity contribution in [1.82, 2.24) is 19.6 Å². The molecule has 3 heterocycles. The Kier molecular flexibility index (Phi) is 6.94. The van der Waals surface area contributed by atoms with Gasteiger partial charge in [0.1, 0.15) is 4.88 Å². The summed E-state index contributed by atoms with van der Waals surface area (Å²) in [6, 6.07) is 11.9. The van der Waals surface area contributed by atoms with Crippen molar-refractivity contribution in [2.75, 3.05) is 11.9 Å². The number of hydrogen-bond donors (Lipinski definition) is 1. The van der Waals surface area contributed by atoms with Gasteiger partial charge in [0.2, 0.25) is 5.91 Å². The van der Waals surface area contributed by atoms with E-state index in [-0.39, 0.29) is 11.8 Å². The molecule has 1 unspecified atom stereocenters. The maximum Gasteiger partial charge on any atom is 0.350 e. The zero-order valence-electron chi connectivity index (χ0n) is 18.9. The van der Waals surface area contributed by atoms with Crippen LogP contribution in [0.3, 0.4) is 0 Å². The molecule has 1 atom stereocenters. The van der Waals surface area contributed by atoms with Crippen LogP contribution in [0.5, 0.6) is 0 Å². The van der Waals surface area contributed by atoms with Gasteiger partial charge in [-0.1, -0.05) is 62.1 Å². The number of nitrogens with zero attached hydrogens (tertiary/aromatic N) is 4. The number of carbonyl (C=O) groups excluding carboxylic acids is 2. The summed E-state index contributed by atoms with van der Waals surface area (Å²) in [6.07, 6.45) is 0.587. The number of aryl methyl sites for hydroxylation is 1. The van der Waals surface area contributed by atoms with Crippen molar-refractivity contribution in [3.8, 4) is 0 Å². The average Bonchev–Trinajstić information content (AvgIpc) is 3.38. The van der Waals surface area contributed by atoms with Gasteiger partial charge in [-0.15, -0.1) is 10.2 Å². The number of hydrogen-bond acceptors (Lipinski definition) is 8. The molecular formula is C23H25N5O3S2. The third-order valence-electron chi connectivity index (χ3n) is 4.92. The Morgan fingerprint density at radius 3 is 2.73 bits per heavy atom. The van der Waals surface area contributed by atoms with E-state index in [1.54, 1.807) is 6.92 Å². The van der Waals surface area contributed by atoms with Crippen LogP contribution in [0.2, 0.25) is 0 Å². The molecule has 0 saturated carbocycles. The molecule has 3 aromatic heterocycles. The molecule has 0 aliphatic rings. The number of pyridine rings is 1. The van der Waals surface area contributed by atoms with Gasteiger partial charge >= 0.3 is 5.97 Å². The first-order valence-electron chi connectivity index (χ1n) is 10.7. The fraction of sp³-hybridized carbons (Fsp3) is 0.348. The largest absolute Gasteiger partial charge is 0.461 e. The predicted molar refractivity (Wildman–Crippen MR) is 131 cm³/mol. The van der Waals surface area contributed by atoms with E-state index in [1.165, 1.54) is 11.8 Å². The van der Waals surface area contributed by atoms with E-state index in [0.717, 1.165) is 27.9 Å². The highest BCUT2D eigenvalue weighted by Gasteiger charge is 2.24. The van der Waals surface area contributed by atoms with Crippen LogP contribution in [0, 0.1) is 12.8 Å². The van der Waals surface area contributed by atoms with Gasteiger partial charge in [0.15, 0.2) is 15.9 Å². The molecule has 33 heavy (non-hydrogen) atoms. The molecule has 10 heteroatoms. The Labute approximate surface area is 199 Å². The zero-order chi connectivity index (χ0) is 23.5. The topological polar surface area (TPSA) is 98.5 Å². The number of nitrogens with one attached hydrogen (secondary N) is 1. The van der Waals surface area contributed by atoms with Gasteiger partial charge in [-0.05, 0) is 42.8 Å². The van der Waals surface area contributed by atoms with Gasteiger partial charge in [-0.3, -0.25) is 9.20 Å². The molecule has 0 spiro atoms. The second kappa shape index (κ2) is 9.88. The number of anilines is 1. The van der Waals surface area contributed by atoms with E-state index < -0.39 is 11.2 Å². The van der Waals surface area contributed by atoms with Crippen molar-refractivity contribution in [3.05, 3.63) is 47.0 Å². The van der Waals surface area contributed by atoms with Crippen LogP contribution >= 0.6 is 23.1 Å². The van der Waals surface area contributed by atoms with Crippen LogP contribution in [0.4, 0.5) is 5.13 Å². The van der Waals surface area contributed by atoms with E-state index >= 15 is 0 Å². The predicted octanol–water partition coefficient (Wildman–Crippen LogP) is 4.97. The number of esters is 1. The molecule has 1 aromatic carbocycles. The van der Waals surface area contributed by atoms with Crippen LogP contribution in [-0.4, -0.2) is 43.3 Å². The van der Waals surface area contributed by atoms with E-state index in [9.17, 15) is 9.59 Å². The Hall–Kier alpha value is -2.98. The van der Waals surface area contributed by atoms with Crippen LogP contribution < -0.4 is 5.32 Å². The zero-order valence-corrected chi connectivity index (χ0v) is 20.5. The number of fused-ring (bicyclic) bond motifs is 3. The summed E-state index contributed by atoms with van der Waals surface area (Å²) >= 11 is 2.49. The summed E-state index contributed by atoms with van der Waals surface area (Å²) in [5, 5.41) is 13.1. The summed E-state index contributed by atoms with van der Waals surface area (Å²) in [6.45, 7) is 7.97. The number of ether oxygens (including phenoxy) is 1. The molecular weight excluding hydrogens is 458 g/mol. The van der Waals surface area contributed by atoms with Gasteiger partial charge in [0, 0.05) is 0 Å². The number of rotatable bonds is 8. The van der Waals surface area contributed by atoms with Gasteiger partial charge in [-0.2, -0.15) is 0 Å². The number of thiazole rings is 1. The lowest BCUT2D eigenvalue weighted by Crippen LogP contribution is -2.24. The molecule has 0 fully saturated rings. The fourth-order valence-corrected chi connectivity index (χ4v) is 5.11.